The maximum atomic E-state index is 5.91. The van der Waals surface area contributed by atoms with Gasteiger partial charge < -0.3 is 10.3 Å². The molecule has 2 aromatic heterocycles. The van der Waals surface area contributed by atoms with Crippen LogP contribution in [0, 0.1) is 0 Å². The van der Waals surface area contributed by atoms with E-state index >= 15 is 0 Å². The Kier molecular flexibility index (Phi) is 1.90. The van der Waals surface area contributed by atoms with Gasteiger partial charge in [0.2, 0.25) is 0 Å². The molecule has 0 spiro atoms. The van der Waals surface area contributed by atoms with Crippen LogP contribution in [0.25, 0.3) is 11.3 Å². The highest BCUT2D eigenvalue weighted by molar-refractivity contribution is 6.33. The predicted molar refractivity (Wildman–Crippen MR) is 49.2 cm³/mol. The van der Waals surface area contributed by atoms with Crippen molar-refractivity contribution in [3.63, 3.8) is 0 Å². The van der Waals surface area contributed by atoms with Crippen LogP contribution in [0.1, 0.15) is 0 Å². The smallest absolute Gasteiger partial charge is 0.133 e. The number of halogens is 1. The number of nitrogens with two attached hydrogens (primary N) is 1. The van der Waals surface area contributed by atoms with Crippen molar-refractivity contribution in [2.45, 2.75) is 0 Å². The lowest BCUT2D eigenvalue weighted by Crippen LogP contribution is -1.89. The molecule has 2 N–H and O–H groups in total. The molecule has 0 bridgehead atoms. The Morgan fingerprint density at radius 1 is 1.38 bits per heavy atom. The van der Waals surface area contributed by atoms with Crippen LogP contribution in [0.2, 0.25) is 5.02 Å². The monoisotopic (exact) mass is 195 g/mol. The number of nitrogen functional groups attached to an aromatic ring is 1. The third-order valence-corrected chi connectivity index (χ3v) is 1.86. The zero-order valence-corrected chi connectivity index (χ0v) is 7.32. The number of aromatic nitrogens is 2. The molecule has 5 heteroatoms. The molecule has 0 aliphatic rings. The molecule has 0 aliphatic heterocycles. The van der Waals surface area contributed by atoms with Gasteiger partial charge in [-0.1, -0.05) is 16.8 Å². The third kappa shape index (κ3) is 1.48. The minimum atomic E-state index is 0.489. The van der Waals surface area contributed by atoms with Gasteiger partial charge in [-0.15, -0.1) is 0 Å². The zero-order chi connectivity index (χ0) is 9.26. The van der Waals surface area contributed by atoms with Crippen LogP contribution in [-0.4, -0.2) is 10.1 Å². The molecule has 0 amide bonds. The minimum Gasteiger partial charge on any atom is -0.397 e. The number of anilines is 1. The van der Waals surface area contributed by atoms with Crippen LogP contribution in [0.5, 0.6) is 0 Å². The second kappa shape index (κ2) is 3.06. The maximum absolute atomic E-state index is 5.91. The van der Waals surface area contributed by atoms with E-state index < -0.39 is 0 Å². The van der Waals surface area contributed by atoms with Gasteiger partial charge in [0.25, 0.3) is 0 Å². The van der Waals surface area contributed by atoms with E-state index in [1.807, 2.05) is 0 Å². The summed E-state index contributed by atoms with van der Waals surface area (Å²) in [4.78, 5) is 4.06. The summed E-state index contributed by atoms with van der Waals surface area (Å²) in [5.74, 6) is 0. The van der Waals surface area contributed by atoms with E-state index in [1.165, 1.54) is 12.5 Å². The SMILES string of the molecule is Nc1cnc(-c2cnoc2)c(Cl)c1. The van der Waals surface area contributed by atoms with Gasteiger partial charge in [0.15, 0.2) is 0 Å². The fourth-order valence-corrected chi connectivity index (χ4v) is 1.27. The van der Waals surface area contributed by atoms with Crippen molar-refractivity contribution in [3.05, 3.63) is 29.7 Å². The molecule has 2 aromatic rings. The highest BCUT2D eigenvalue weighted by atomic mass is 35.5. The van der Waals surface area contributed by atoms with E-state index in [1.54, 1.807) is 12.3 Å². The Hall–Kier alpha value is -1.55. The van der Waals surface area contributed by atoms with Crippen LogP contribution in [0.3, 0.4) is 0 Å². The Balaban J connectivity index is 2.53. The van der Waals surface area contributed by atoms with Gasteiger partial charge in [0.1, 0.15) is 6.26 Å². The van der Waals surface area contributed by atoms with Gasteiger partial charge in [0, 0.05) is 0 Å². The lowest BCUT2D eigenvalue weighted by molar-refractivity contribution is 0.420. The molecule has 0 saturated carbocycles. The van der Waals surface area contributed by atoms with E-state index in [-0.39, 0.29) is 0 Å². The second-order valence-corrected chi connectivity index (χ2v) is 2.92. The maximum Gasteiger partial charge on any atom is 0.133 e. The van der Waals surface area contributed by atoms with Crippen molar-refractivity contribution < 1.29 is 4.52 Å². The van der Waals surface area contributed by atoms with E-state index in [0.29, 0.717) is 16.4 Å². The van der Waals surface area contributed by atoms with Gasteiger partial charge in [-0.25, -0.2) is 0 Å². The van der Waals surface area contributed by atoms with Gasteiger partial charge in [-0.2, -0.15) is 0 Å². The van der Waals surface area contributed by atoms with Crippen LogP contribution >= 0.6 is 11.6 Å². The Morgan fingerprint density at radius 2 is 2.23 bits per heavy atom. The topological polar surface area (TPSA) is 64.9 Å². The largest absolute Gasteiger partial charge is 0.397 e. The summed E-state index contributed by atoms with van der Waals surface area (Å²) in [7, 11) is 0. The third-order valence-electron chi connectivity index (χ3n) is 1.57. The summed E-state index contributed by atoms with van der Waals surface area (Å²) < 4.78 is 4.67. The summed E-state index contributed by atoms with van der Waals surface area (Å²) in [5, 5.41) is 4.05. The standard InChI is InChI=1S/C8H6ClN3O/c9-7-1-6(10)3-11-8(7)5-2-12-13-4-5/h1-4H,10H2. The van der Waals surface area contributed by atoms with Crippen LogP contribution < -0.4 is 5.73 Å². The first-order chi connectivity index (χ1) is 6.27. The molecule has 0 fully saturated rings. The Labute approximate surface area is 79.3 Å². The summed E-state index contributed by atoms with van der Waals surface area (Å²) in [6.45, 7) is 0. The first-order valence-corrected chi connectivity index (χ1v) is 3.96. The molecule has 0 radical (unpaired) electrons. The molecule has 0 unspecified atom stereocenters. The van der Waals surface area contributed by atoms with E-state index in [0.717, 1.165) is 5.56 Å². The fraction of sp³-hybridized carbons (Fsp3) is 0. The van der Waals surface area contributed by atoms with Crippen LogP contribution in [0.4, 0.5) is 5.69 Å². The Morgan fingerprint density at radius 3 is 2.85 bits per heavy atom. The first-order valence-electron chi connectivity index (χ1n) is 3.58. The van der Waals surface area contributed by atoms with Gasteiger partial charge in [-0.3, -0.25) is 4.98 Å². The van der Waals surface area contributed by atoms with Crippen LogP contribution in [-0.2, 0) is 0 Å². The fourth-order valence-electron chi connectivity index (χ4n) is 0.987. The molecule has 2 heterocycles. The van der Waals surface area contributed by atoms with E-state index in [9.17, 15) is 0 Å². The molecule has 0 saturated heterocycles. The highest BCUT2D eigenvalue weighted by Crippen LogP contribution is 2.26. The van der Waals surface area contributed by atoms with Crippen molar-refractivity contribution in [1.82, 2.24) is 10.1 Å². The van der Waals surface area contributed by atoms with E-state index in [2.05, 4.69) is 14.7 Å². The predicted octanol–water partition coefficient (Wildman–Crippen LogP) is 1.97. The molecule has 13 heavy (non-hydrogen) atoms. The molecule has 0 atom stereocenters. The number of pyridine rings is 1. The number of hydrogen-bond acceptors (Lipinski definition) is 4. The Bertz CT molecular complexity index is 413. The average Bonchev–Trinajstić information content (AvgIpc) is 2.56. The molecule has 4 nitrogen and oxygen atoms in total. The lowest BCUT2D eigenvalue weighted by atomic mass is 10.2. The second-order valence-electron chi connectivity index (χ2n) is 2.51. The van der Waals surface area contributed by atoms with Crippen LogP contribution in [0.15, 0.2) is 29.2 Å². The molecular weight excluding hydrogens is 190 g/mol. The quantitative estimate of drug-likeness (QED) is 0.756. The summed E-state index contributed by atoms with van der Waals surface area (Å²) in [6, 6.07) is 1.64. The van der Waals surface area contributed by atoms with Crippen molar-refractivity contribution >= 4 is 17.3 Å². The lowest BCUT2D eigenvalue weighted by Gasteiger charge is -1.99. The zero-order valence-electron chi connectivity index (χ0n) is 6.57. The van der Waals surface area contributed by atoms with Crippen molar-refractivity contribution in [2.75, 3.05) is 5.73 Å². The van der Waals surface area contributed by atoms with Crippen molar-refractivity contribution in [1.29, 1.82) is 0 Å². The van der Waals surface area contributed by atoms with Gasteiger partial charge in [-0.05, 0) is 6.07 Å². The molecule has 66 valence electrons. The average molecular weight is 196 g/mol. The molecule has 2 rings (SSSR count). The summed E-state index contributed by atoms with van der Waals surface area (Å²) in [5.41, 5.74) is 7.39. The van der Waals surface area contributed by atoms with Gasteiger partial charge in [0.05, 0.1) is 34.4 Å². The number of rotatable bonds is 1. The van der Waals surface area contributed by atoms with Crippen molar-refractivity contribution in [2.24, 2.45) is 0 Å². The summed E-state index contributed by atoms with van der Waals surface area (Å²) >= 11 is 5.91. The number of nitrogens with zero attached hydrogens (tertiary/aromatic N) is 2. The first kappa shape index (κ1) is 8.07. The molecule has 0 aliphatic carbocycles. The van der Waals surface area contributed by atoms with Crippen molar-refractivity contribution in [3.8, 4) is 11.3 Å². The highest BCUT2D eigenvalue weighted by Gasteiger charge is 2.06. The van der Waals surface area contributed by atoms with Gasteiger partial charge >= 0.3 is 0 Å². The number of hydrogen-bond donors (Lipinski definition) is 1. The minimum absolute atomic E-state index is 0.489. The molecular formula is C8H6ClN3O. The van der Waals surface area contributed by atoms with E-state index in [4.69, 9.17) is 17.3 Å². The summed E-state index contributed by atoms with van der Waals surface area (Å²) in [6.07, 6.45) is 4.56. The normalized spacial score (nSPS) is 10.2. The molecule has 0 aromatic carbocycles.